The fraction of sp³-hybridized carbons (Fsp3) is 1.00. The molecule has 0 spiro atoms. The number of hydrogen-bond acceptors (Lipinski definition) is 1. The summed E-state index contributed by atoms with van der Waals surface area (Å²) in [7, 11) is 0. The molecular weight excluding hydrogens is 124 g/mol. The molecule has 0 aromatic heterocycles. The van der Waals surface area contributed by atoms with Crippen LogP contribution in [-0.2, 0) is 0 Å². The lowest BCUT2D eigenvalue weighted by Gasteiger charge is -2.20. The summed E-state index contributed by atoms with van der Waals surface area (Å²) < 4.78 is 0. The summed E-state index contributed by atoms with van der Waals surface area (Å²) >= 11 is 5.75. The van der Waals surface area contributed by atoms with E-state index in [4.69, 9.17) is 16.7 Å². The Morgan fingerprint density at radius 3 is 2.50 bits per heavy atom. The fourth-order valence-electron chi connectivity index (χ4n) is 1.11. The van der Waals surface area contributed by atoms with Crippen LogP contribution in [0, 0.1) is 0 Å². The van der Waals surface area contributed by atoms with Gasteiger partial charge in [0.2, 0.25) is 0 Å². The Morgan fingerprint density at radius 2 is 2.12 bits per heavy atom. The van der Waals surface area contributed by atoms with E-state index in [1.807, 2.05) is 0 Å². The zero-order valence-corrected chi connectivity index (χ0v) is 5.56. The number of aliphatic hydroxyl groups is 1. The molecule has 1 N–H and O–H groups in total. The zero-order chi connectivity index (χ0) is 5.98. The minimum atomic E-state index is -0.119. The van der Waals surface area contributed by atoms with Gasteiger partial charge in [0.15, 0.2) is 0 Å². The highest BCUT2D eigenvalue weighted by Gasteiger charge is 2.16. The van der Waals surface area contributed by atoms with Gasteiger partial charge in [0.25, 0.3) is 0 Å². The van der Waals surface area contributed by atoms with Crippen LogP contribution in [0.2, 0.25) is 0 Å². The Kier molecular flexibility index (Phi) is 2.15. The normalized spacial score (nSPS) is 39.8. The van der Waals surface area contributed by atoms with E-state index in [0.717, 1.165) is 25.7 Å². The quantitative estimate of drug-likeness (QED) is 0.499. The van der Waals surface area contributed by atoms with Gasteiger partial charge in [-0.25, -0.2) is 0 Å². The van der Waals surface area contributed by atoms with Crippen molar-refractivity contribution in [1.82, 2.24) is 0 Å². The molecule has 2 heteroatoms. The number of alkyl halides is 1. The van der Waals surface area contributed by atoms with E-state index in [2.05, 4.69) is 0 Å². The minimum absolute atomic E-state index is 0.119. The molecular formula is C6H11ClO. The highest BCUT2D eigenvalue weighted by molar-refractivity contribution is 6.20. The molecule has 1 fully saturated rings. The van der Waals surface area contributed by atoms with Gasteiger partial charge in [-0.3, -0.25) is 0 Å². The maximum absolute atomic E-state index is 9.00. The van der Waals surface area contributed by atoms with Gasteiger partial charge in [0.05, 0.1) is 6.10 Å². The molecule has 2 atom stereocenters. The SMILES string of the molecule is O[C@@H]1CCC[C@@H](Cl)C1. The molecule has 0 bridgehead atoms. The molecule has 1 nitrogen and oxygen atoms in total. The molecule has 0 saturated heterocycles. The summed E-state index contributed by atoms with van der Waals surface area (Å²) in [6, 6.07) is 0. The minimum Gasteiger partial charge on any atom is -0.393 e. The van der Waals surface area contributed by atoms with Crippen molar-refractivity contribution in [3.05, 3.63) is 0 Å². The average Bonchev–Trinajstić information content (AvgIpc) is 1.64. The van der Waals surface area contributed by atoms with Crippen LogP contribution in [0.1, 0.15) is 25.7 Å². The molecule has 1 rings (SSSR count). The monoisotopic (exact) mass is 134 g/mol. The Bertz CT molecular complexity index is 66.9. The largest absolute Gasteiger partial charge is 0.393 e. The van der Waals surface area contributed by atoms with Crippen LogP contribution in [0.25, 0.3) is 0 Å². The first-order chi connectivity index (χ1) is 3.79. The summed E-state index contributed by atoms with van der Waals surface area (Å²) in [5.74, 6) is 0. The molecule has 0 radical (unpaired) electrons. The lowest BCUT2D eigenvalue weighted by molar-refractivity contribution is 0.132. The van der Waals surface area contributed by atoms with Gasteiger partial charge in [-0.05, 0) is 25.7 Å². The van der Waals surface area contributed by atoms with Crippen molar-refractivity contribution in [1.29, 1.82) is 0 Å². The van der Waals surface area contributed by atoms with Crippen molar-refractivity contribution in [2.24, 2.45) is 0 Å². The smallest absolute Gasteiger partial charge is 0.0554 e. The Balaban J connectivity index is 2.23. The van der Waals surface area contributed by atoms with Crippen molar-refractivity contribution in [3.63, 3.8) is 0 Å². The van der Waals surface area contributed by atoms with Gasteiger partial charge in [0.1, 0.15) is 0 Å². The second-order valence-electron chi connectivity index (χ2n) is 2.42. The molecule has 0 amide bonds. The summed E-state index contributed by atoms with van der Waals surface area (Å²) in [4.78, 5) is 0. The first kappa shape index (κ1) is 6.37. The van der Waals surface area contributed by atoms with Crippen molar-refractivity contribution < 1.29 is 5.11 Å². The van der Waals surface area contributed by atoms with E-state index < -0.39 is 0 Å². The number of rotatable bonds is 0. The lowest BCUT2D eigenvalue weighted by atomic mass is 9.98. The lowest BCUT2D eigenvalue weighted by Crippen LogP contribution is -2.19. The van der Waals surface area contributed by atoms with Gasteiger partial charge in [0, 0.05) is 5.38 Å². The van der Waals surface area contributed by atoms with Crippen LogP contribution < -0.4 is 0 Å². The maximum atomic E-state index is 9.00. The van der Waals surface area contributed by atoms with E-state index in [9.17, 15) is 0 Å². The third-order valence-electron chi connectivity index (χ3n) is 1.58. The van der Waals surface area contributed by atoms with E-state index in [1.54, 1.807) is 0 Å². The molecule has 48 valence electrons. The summed E-state index contributed by atoms with van der Waals surface area (Å²) in [5.41, 5.74) is 0. The summed E-state index contributed by atoms with van der Waals surface area (Å²) in [6.45, 7) is 0. The first-order valence-electron chi connectivity index (χ1n) is 3.11. The van der Waals surface area contributed by atoms with Crippen molar-refractivity contribution in [2.75, 3.05) is 0 Å². The molecule has 8 heavy (non-hydrogen) atoms. The summed E-state index contributed by atoms with van der Waals surface area (Å²) in [5, 5.41) is 9.23. The number of halogens is 1. The molecule has 0 aromatic carbocycles. The molecule has 1 aliphatic carbocycles. The molecule has 0 aliphatic heterocycles. The van der Waals surface area contributed by atoms with Crippen LogP contribution in [0.15, 0.2) is 0 Å². The van der Waals surface area contributed by atoms with Gasteiger partial charge >= 0.3 is 0 Å². The first-order valence-corrected chi connectivity index (χ1v) is 3.55. The second kappa shape index (κ2) is 2.70. The summed E-state index contributed by atoms with van der Waals surface area (Å²) in [6.07, 6.45) is 3.80. The molecule has 0 aromatic rings. The van der Waals surface area contributed by atoms with Gasteiger partial charge in [-0.15, -0.1) is 11.6 Å². The van der Waals surface area contributed by atoms with Crippen LogP contribution in [0.5, 0.6) is 0 Å². The van der Waals surface area contributed by atoms with Crippen LogP contribution in [-0.4, -0.2) is 16.6 Å². The standard InChI is InChI=1S/C6H11ClO/c7-5-2-1-3-6(8)4-5/h5-6,8H,1-4H2/t5-,6-/m1/s1. The van der Waals surface area contributed by atoms with Crippen molar-refractivity contribution in [3.8, 4) is 0 Å². The third-order valence-corrected chi connectivity index (χ3v) is 1.98. The van der Waals surface area contributed by atoms with E-state index in [1.165, 1.54) is 0 Å². The highest BCUT2D eigenvalue weighted by atomic mass is 35.5. The zero-order valence-electron chi connectivity index (χ0n) is 4.81. The van der Waals surface area contributed by atoms with Crippen LogP contribution >= 0.6 is 11.6 Å². The highest BCUT2D eigenvalue weighted by Crippen LogP contribution is 2.22. The van der Waals surface area contributed by atoms with Gasteiger partial charge in [-0.2, -0.15) is 0 Å². The molecule has 0 heterocycles. The second-order valence-corrected chi connectivity index (χ2v) is 3.03. The van der Waals surface area contributed by atoms with E-state index in [-0.39, 0.29) is 11.5 Å². The van der Waals surface area contributed by atoms with Gasteiger partial charge < -0.3 is 5.11 Å². The van der Waals surface area contributed by atoms with E-state index >= 15 is 0 Å². The Morgan fingerprint density at radius 1 is 1.38 bits per heavy atom. The van der Waals surface area contributed by atoms with Gasteiger partial charge in [-0.1, -0.05) is 0 Å². The fourth-order valence-corrected chi connectivity index (χ4v) is 1.47. The Labute approximate surface area is 54.7 Å². The van der Waals surface area contributed by atoms with E-state index in [0.29, 0.717) is 0 Å². The maximum Gasteiger partial charge on any atom is 0.0554 e. The molecule has 0 unspecified atom stereocenters. The van der Waals surface area contributed by atoms with Crippen molar-refractivity contribution >= 4 is 11.6 Å². The predicted molar refractivity (Wildman–Crippen MR) is 34.1 cm³/mol. The Hall–Kier alpha value is 0.250. The average molecular weight is 135 g/mol. The number of aliphatic hydroxyl groups excluding tert-OH is 1. The van der Waals surface area contributed by atoms with Crippen LogP contribution in [0.4, 0.5) is 0 Å². The predicted octanol–water partition coefficient (Wildman–Crippen LogP) is 1.53. The topological polar surface area (TPSA) is 20.2 Å². The molecule has 1 aliphatic rings. The van der Waals surface area contributed by atoms with Crippen molar-refractivity contribution in [2.45, 2.75) is 37.2 Å². The van der Waals surface area contributed by atoms with Crippen LogP contribution in [0.3, 0.4) is 0 Å². The molecule has 1 saturated carbocycles. The number of hydrogen-bond donors (Lipinski definition) is 1. The third kappa shape index (κ3) is 1.64.